The maximum absolute atomic E-state index is 12.3. The van der Waals surface area contributed by atoms with Crippen molar-refractivity contribution in [3.63, 3.8) is 0 Å². The number of rotatable bonds is 4. The van der Waals surface area contributed by atoms with E-state index in [0.29, 0.717) is 5.25 Å². The van der Waals surface area contributed by atoms with Crippen molar-refractivity contribution in [1.82, 2.24) is 4.72 Å². The topological polar surface area (TPSA) is 70.0 Å². The number of halogens is 1. The average Bonchev–Trinajstić information content (AvgIpc) is 2.85. The van der Waals surface area contributed by atoms with Crippen LogP contribution in [0.25, 0.3) is 0 Å². The molecule has 20 heavy (non-hydrogen) atoms. The minimum atomic E-state index is -3.59. The van der Waals surface area contributed by atoms with Gasteiger partial charge in [-0.2, -0.15) is 17.0 Å². The highest BCUT2D eigenvalue weighted by molar-refractivity contribution is 7.99. The van der Waals surface area contributed by atoms with Crippen LogP contribution >= 0.6 is 23.4 Å². The monoisotopic (exact) mass is 330 g/mol. The van der Waals surface area contributed by atoms with Crippen molar-refractivity contribution in [2.75, 3.05) is 6.26 Å². The van der Waals surface area contributed by atoms with E-state index in [1.54, 1.807) is 11.8 Å². The molecule has 0 amide bonds. The Bertz CT molecular complexity index is 640. The van der Waals surface area contributed by atoms with E-state index >= 15 is 0 Å². The first-order chi connectivity index (χ1) is 9.47. The molecule has 2 atom stereocenters. The average molecular weight is 331 g/mol. The standard InChI is InChI=1S/C13H15ClN2O2S2/c1-19-13-4-2-3-12(13)16-20(17,18)10-6-5-9(8-15)11(14)7-10/h5-7,12-13,16H,2-4H2,1H3. The summed E-state index contributed by atoms with van der Waals surface area (Å²) in [6.45, 7) is 0. The summed E-state index contributed by atoms with van der Waals surface area (Å²) in [5.74, 6) is 0. The van der Waals surface area contributed by atoms with Crippen molar-refractivity contribution < 1.29 is 8.42 Å². The largest absolute Gasteiger partial charge is 0.240 e. The Morgan fingerprint density at radius 1 is 1.45 bits per heavy atom. The van der Waals surface area contributed by atoms with Crippen molar-refractivity contribution in [3.05, 3.63) is 28.8 Å². The Balaban J connectivity index is 2.23. The third-order valence-corrected chi connectivity index (χ3v) is 6.40. The predicted molar refractivity (Wildman–Crippen MR) is 81.4 cm³/mol. The van der Waals surface area contributed by atoms with E-state index in [2.05, 4.69) is 4.72 Å². The van der Waals surface area contributed by atoms with Gasteiger partial charge in [0, 0.05) is 11.3 Å². The van der Waals surface area contributed by atoms with Crippen LogP contribution in [0.4, 0.5) is 0 Å². The molecule has 4 nitrogen and oxygen atoms in total. The van der Waals surface area contributed by atoms with Gasteiger partial charge in [0.1, 0.15) is 6.07 Å². The molecule has 1 aliphatic carbocycles. The van der Waals surface area contributed by atoms with Gasteiger partial charge in [-0.05, 0) is 37.3 Å². The number of nitriles is 1. The summed E-state index contributed by atoms with van der Waals surface area (Å²) < 4.78 is 27.4. The smallest absolute Gasteiger partial charge is 0.207 e. The molecule has 1 aromatic carbocycles. The van der Waals surface area contributed by atoms with Crippen molar-refractivity contribution in [3.8, 4) is 6.07 Å². The highest BCUT2D eigenvalue weighted by atomic mass is 35.5. The van der Waals surface area contributed by atoms with Gasteiger partial charge in [0.05, 0.1) is 15.5 Å². The zero-order valence-electron chi connectivity index (χ0n) is 11.0. The maximum atomic E-state index is 12.3. The van der Waals surface area contributed by atoms with Crippen LogP contribution in [0.15, 0.2) is 23.1 Å². The third-order valence-electron chi connectivity index (χ3n) is 3.43. The number of hydrogen-bond acceptors (Lipinski definition) is 4. The van der Waals surface area contributed by atoms with Crippen molar-refractivity contribution >= 4 is 33.4 Å². The number of nitrogens with zero attached hydrogens (tertiary/aromatic N) is 1. The molecule has 1 fully saturated rings. The lowest BCUT2D eigenvalue weighted by atomic mass is 10.2. The van der Waals surface area contributed by atoms with Crippen molar-refractivity contribution in [2.24, 2.45) is 0 Å². The van der Waals surface area contributed by atoms with E-state index in [0.717, 1.165) is 19.3 Å². The second-order valence-electron chi connectivity index (χ2n) is 4.69. The molecule has 0 saturated heterocycles. The molecule has 0 spiro atoms. The van der Waals surface area contributed by atoms with Crippen LogP contribution in [0.2, 0.25) is 5.02 Å². The van der Waals surface area contributed by atoms with Crippen molar-refractivity contribution in [2.45, 2.75) is 35.4 Å². The molecule has 1 N–H and O–H groups in total. The number of benzene rings is 1. The molecule has 2 rings (SSSR count). The first-order valence-corrected chi connectivity index (χ1v) is 9.37. The second-order valence-corrected chi connectivity index (χ2v) is 7.88. The third kappa shape index (κ3) is 3.29. The van der Waals surface area contributed by atoms with Crippen molar-refractivity contribution in [1.29, 1.82) is 5.26 Å². The highest BCUT2D eigenvalue weighted by Crippen LogP contribution is 2.30. The fraction of sp³-hybridized carbons (Fsp3) is 0.462. The molecule has 0 heterocycles. The quantitative estimate of drug-likeness (QED) is 0.921. The highest BCUT2D eigenvalue weighted by Gasteiger charge is 2.30. The molecule has 0 aromatic heterocycles. The van der Waals surface area contributed by atoms with Gasteiger partial charge in [-0.1, -0.05) is 18.0 Å². The molecule has 108 valence electrons. The first-order valence-electron chi connectivity index (χ1n) is 6.22. The minimum absolute atomic E-state index is 0.0376. The lowest BCUT2D eigenvalue weighted by Crippen LogP contribution is -2.38. The summed E-state index contributed by atoms with van der Waals surface area (Å²) in [4.78, 5) is 0.105. The van der Waals surface area contributed by atoms with Crippen LogP contribution in [-0.4, -0.2) is 26.0 Å². The summed E-state index contributed by atoms with van der Waals surface area (Å²) in [6, 6.07) is 6.04. The summed E-state index contributed by atoms with van der Waals surface area (Å²) in [7, 11) is -3.59. The molecule has 1 saturated carbocycles. The van der Waals surface area contributed by atoms with Gasteiger partial charge in [-0.15, -0.1) is 0 Å². The number of nitrogens with one attached hydrogen (secondary N) is 1. The van der Waals surface area contributed by atoms with Crippen LogP contribution in [0.3, 0.4) is 0 Å². The van der Waals surface area contributed by atoms with E-state index in [9.17, 15) is 8.42 Å². The van der Waals surface area contributed by atoms with Gasteiger partial charge in [-0.3, -0.25) is 0 Å². The molecule has 0 aliphatic heterocycles. The van der Waals surface area contributed by atoms with Crippen LogP contribution < -0.4 is 4.72 Å². The van der Waals surface area contributed by atoms with Gasteiger partial charge >= 0.3 is 0 Å². The lowest BCUT2D eigenvalue weighted by molar-refractivity contribution is 0.555. The van der Waals surface area contributed by atoms with Crippen LogP contribution in [0.1, 0.15) is 24.8 Å². The fourth-order valence-electron chi connectivity index (χ4n) is 2.36. The maximum Gasteiger partial charge on any atom is 0.240 e. The summed E-state index contributed by atoms with van der Waals surface area (Å²) >= 11 is 7.58. The Labute approximate surface area is 128 Å². The van der Waals surface area contributed by atoms with E-state index in [1.165, 1.54) is 18.2 Å². The SMILES string of the molecule is CSC1CCCC1NS(=O)(=O)c1ccc(C#N)c(Cl)c1. The zero-order chi connectivity index (χ0) is 14.8. The Kier molecular flexibility index (Phi) is 4.97. The van der Waals surface area contributed by atoms with Gasteiger partial charge < -0.3 is 0 Å². The molecular formula is C13H15ClN2O2S2. The van der Waals surface area contributed by atoms with Gasteiger partial charge in [0.25, 0.3) is 0 Å². The number of hydrogen-bond donors (Lipinski definition) is 1. The van der Waals surface area contributed by atoms with E-state index in [4.69, 9.17) is 16.9 Å². The fourth-order valence-corrected chi connectivity index (χ4v) is 5.01. The number of thioether (sulfide) groups is 1. The second kappa shape index (κ2) is 6.35. The Hall–Kier alpha value is -0.740. The molecular weight excluding hydrogens is 316 g/mol. The zero-order valence-corrected chi connectivity index (χ0v) is 13.4. The van der Waals surface area contributed by atoms with Crippen LogP contribution in [-0.2, 0) is 10.0 Å². The molecule has 7 heteroatoms. The summed E-state index contributed by atoms with van der Waals surface area (Å²) in [6.07, 6.45) is 4.92. The predicted octanol–water partition coefficient (Wildman–Crippen LogP) is 2.77. The lowest BCUT2D eigenvalue weighted by Gasteiger charge is -2.19. The molecule has 0 bridgehead atoms. The molecule has 1 aromatic rings. The first kappa shape index (κ1) is 15.6. The van der Waals surface area contributed by atoms with Crippen LogP contribution in [0.5, 0.6) is 0 Å². The summed E-state index contributed by atoms with van der Waals surface area (Å²) in [5, 5.41) is 9.28. The van der Waals surface area contributed by atoms with E-state index in [-0.39, 0.29) is 21.5 Å². The summed E-state index contributed by atoms with van der Waals surface area (Å²) in [5.41, 5.74) is 0.272. The molecule has 1 aliphatic rings. The normalized spacial score (nSPS) is 22.6. The van der Waals surface area contributed by atoms with Crippen LogP contribution in [0, 0.1) is 11.3 Å². The van der Waals surface area contributed by atoms with E-state index < -0.39 is 10.0 Å². The molecule has 0 radical (unpaired) electrons. The number of sulfonamides is 1. The van der Waals surface area contributed by atoms with Gasteiger partial charge in [-0.25, -0.2) is 13.1 Å². The Morgan fingerprint density at radius 3 is 2.80 bits per heavy atom. The van der Waals surface area contributed by atoms with E-state index in [1.807, 2.05) is 12.3 Å². The van der Waals surface area contributed by atoms with Gasteiger partial charge in [0.15, 0.2) is 0 Å². The molecule has 2 unspecified atom stereocenters. The van der Waals surface area contributed by atoms with Gasteiger partial charge in [0.2, 0.25) is 10.0 Å². The minimum Gasteiger partial charge on any atom is -0.207 e. The Morgan fingerprint density at radius 2 is 2.20 bits per heavy atom.